The van der Waals surface area contributed by atoms with E-state index in [2.05, 4.69) is 36.5 Å². The van der Waals surface area contributed by atoms with Crippen LogP contribution in [0.25, 0.3) is 0 Å². The van der Waals surface area contributed by atoms with Crippen molar-refractivity contribution < 1.29 is 4.79 Å². The molecule has 1 aromatic rings. The minimum atomic E-state index is 0.171. The Kier molecular flexibility index (Phi) is 3.60. The lowest BCUT2D eigenvalue weighted by molar-refractivity contribution is -0.124. The summed E-state index contributed by atoms with van der Waals surface area (Å²) >= 11 is 0. The normalized spacial score (nSPS) is 21.3. The third kappa shape index (κ3) is 2.84. The Hall–Kier alpha value is -1.31. The zero-order chi connectivity index (χ0) is 11.4. The molecule has 1 N–H and O–H groups in total. The lowest BCUT2D eigenvalue weighted by Gasteiger charge is -2.12. The Morgan fingerprint density at radius 3 is 2.75 bits per heavy atom. The van der Waals surface area contributed by atoms with Gasteiger partial charge in [0.2, 0.25) is 5.91 Å². The fourth-order valence-electron chi connectivity index (χ4n) is 2.21. The van der Waals surface area contributed by atoms with Crippen molar-refractivity contribution in [3.8, 4) is 0 Å². The molecule has 1 unspecified atom stereocenters. The van der Waals surface area contributed by atoms with Crippen LogP contribution in [0.3, 0.4) is 0 Å². The summed E-state index contributed by atoms with van der Waals surface area (Å²) in [6, 6.07) is 8.49. The third-order valence-corrected chi connectivity index (χ3v) is 3.25. The second kappa shape index (κ2) is 5.15. The molecule has 1 amide bonds. The minimum Gasteiger partial charge on any atom is -0.356 e. The highest BCUT2D eigenvalue weighted by Crippen LogP contribution is 2.18. The molecule has 1 heterocycles. The maximum atomic E-state index is 11.8. The molecule has 2 heteroatoms. The van der Waals surface area contributed by atoms with E-state index in [1.807, 2.05) is 0 Å². The van der Waals surface area contributed by atoms with Crippen molar-refractivity contribution in [2.75, 3.05) is 6.54 Å². The van der Waals surface area contributed by atoms with Gasteiger partial charge in [0.1, 0.15) is 0 Å². The van der Waals surface area contributed by atoms with E-state index in [-0.39, 0.29) is 11.8 Å². The molecule has 0 bridgehead atoms. The number of carbonyl (C=O) groups is 1. The average Bonchev–Trinajstić information content (AvgIpc) is 2.48. The molecule has 1 fully saturated rings. The van der Waals surface area contributed by atoms with Gasteiger partial charge >= 0.3 is 0 Å². The van der Waals surface area contributed by atoms with Gasteiger partial charge in [-0.1, -0.05) is 36.2 Å². The van der Waals surface area contributed by atoms with Gasteiger partial charge in [0, 0.05) is 12.5 Å². The zero-order valence-corrected chi connectivity index (χ0v) is 9.83. The maximum Gasteiger partial charge on any atom is 0.223 e. The SMILES string of the molecule is Cc1ccc(CC2CCCCNC2=O)cc1. The summed E-state index contributed by atoms with van der Waals surface area (Å²) in [6.45, 7) is 2.94. The summed E-state index contributed by atoms with van der Waals surface area (Å²) in [5, 5.41) is 2.99. The molecular formula is C14H19NO. The number of nitrogens with one attached hydrogen (secondary N) is 1. The van der Waals surface area contributed by atoms with Crippen LogP contribution in [0, 0.1) is 12.8 Å². The summed E-state index contributed by atoms with van der Waals surface area (Å²) < 4.78 is 0. The van der Waals surface area contributed by atoms with Crippen molar-refractivity contribution in [2.45, 2.75) is 32.6 Å². The Balaban J connectivity index is 2.02. The number of rotatable bonds is 2. The van der Waals surface area contributed by atoms with Crippen molar-refractivity contribution in [1.82, 2.24) is 5.32 Å². The van der Waals surface area contributed by atoms with Crippen LogP contribution in [-0.2, 0) is 11.2 Å². The summed E-state index contributed by atoms with van der Waals surface area (Å²) in [6.07, 6.45) is 4.19. The molecule has 1 aromatic carbocycles. The van der Waals surface area contributed by atoms with Gasteiger partial charge in [0.15, 0.2) is 0 Å². The molecule has 1 aliphatic heterocycles. The number of hydrogen-bond acceptors (Lipinski definition) is 1. The highest BCUT2D eigenvalue weighted by atomic mass is 16.1. The van der Waals surface area contributed by atoms with E-state index in [0.717, 1.165) is 32.2 Å². The predicted molar refractivity (Wildman–Crippen MR) is 65.2 cm³/mol. The molecule has 1 atom stereocenters. The highest BCUT2D eigenvalue weighted by Gasteiger charge is 2.20. The smallest absolute Gasteiger partial charge is 0.223 e. The Bertz CT molecular complexity index is 356. The van der Waals surface area contributed by atoms with Gasteiger partial charge in [0.05, 0.1) is 0 Å². The van der Waals surface area contributed by atoms with Crippen LogP contribution in [0.4, 0.5) is 0 Å². The van der Waals surface area contributed by atoms with Crippen LogP contribution in [0.2, 0.25) is 0 Å². The standard InChI is InChI=1S/C14H19NO/c1-11-5-7-12(8-6-11)10-13-4-2-3-9-15-14(13)16/h5-8,13H,2-4,9-10H2,1H3,(H,15,16). The van der Waals surface area contributed by atoms with E-state index in [4.69, 9.17) is 0 Å². The highest BCUT2D eigenvalue weighted by molar-refractivity contribution is 5.79. The largest absolute Gasteiger partial charge is 0.356 e. The van der Waals surface area contributed by atoms with Crippen molar-refractivity contribution in [1.29, 1.82) is 0 Å². The molecule has 0 saturated carbocycles. The predicted octanol–water partition coefficient (Wildman–Crippen LogP) is 2.45. The molecule has 2 nitrogen and oxygen atoms in total. The Labute approximate surface area is 97.1 Å². The fraction of sp³-hybridized carbons (Fsp3) is 0.500. The summed E-state index contributed by atoms with van der Waals surface area (Å²) in [5.41, 5.74) is 2.54. The first kappa shape index (κ1) is 11.2. The summed E-state index contributed by atoms with van der Waals surface area (Å²) in [7, 11) is 0. The van der Waals surface area contributed by atoms with Gasteiger partial charge in [-0.15, -0.1) is 0 Å². The van der Waals surface area contributed by atoms with E-state index >= 15 is 0 Å². The number of carbonyl (C=O) groups excluding carboxylic acids is 1. The lowest BCUT2D eigenvalue weighted by Crippen LogP contribution is -2.30. The second-order valence-electron chi connectivity index (χ2n) is 4.67. The first-order chi connectivity index (χ1) is 7.75. The summed E-state index contributed by atoms with van der Waals surface area (Å²) in [5.74, 6) is 0.406. The molecule has 0 aromatic heterocycles. The van der Waals surface area contributed by atoms with Crippen LogP contribution in [0.5, 0.6) is 0 Å². The summed E-state index contributed by atoms with van der Waals surface area (Å²) in [4.78, 5) is 11.8. The van der Waals surface area contributed by atoms with Crippen LogP contribution >= 0.6 is 0 Å². The lowest BCUT2D eigenvalue weighted by atomic mass is 9.94. The maximum absolute atomic E-state index is 11.8. The van der Waals surface area contributed by atoms with E-state index in [1.165, 1.54) is 11.1 Å². The third-order valence-electron chi connectivity index (χ3n) is 3.25. The van der Waals surface area contributed by atoms with Gasteiger partial charge in [0.25, 0.3) is 0 Å². The van der Waals surface area contributed by atoms with Crippen molar-refractivity contribution in [2.24, 2.45) is 5.92 Å². The van der Waals surface area contributed by atoms with Gasteiger partial charge in [-0.05, 0) is 31.7 Å². The van der Waals surface area contributed by atoms with Crippen LogP contribution < -0.4 is 5.32 Å². The molecule has 16 heavy (non-hydrogen) atoms. The van der Waals surface area contributed by atoms with Gasteiger partial charge in [-0.25, -0.2) is 0 Å². The van der Waals surface area contributed by atoms with E-state index in [1.54, 1.807) is 0 Å². The number of amides is 1. The van der Waals surface area contributed by atoms with Crippen LogP contribution in [0.1, 0.15) is 30.4 Å². The Morgan fingerprint density at radius 1 is 1.25 bits per heavy atom. The molecule has 86 valence electrons. The average molecular weight is 217 g/mol. The fourth-order valence-corrected chi connectivity index (χ4v) is 2.21. The molecule has 1 aliphatic rings. The van der Waals surface area contributed by atoms with Crippen molar-refractivity contribution in [3.05, 3.63) is 35.4 Å². The first-order valence-electron chi connectivity index (χ1n) is 6.09. The van der Waals surface area contributed by atoms with Gasteiger partial charge in [-0.3, -0.25) is 4.79 Å². The van der Waals surface area contributed by atoms with Crippen molar-refractivity contribution >= 4 is 5.91 Å². The minimum absolute atomic E-state index is 0.171. The van der Waals surface area contributed by atoms with E-state index in [9.17, 15) is 4.79 Å². The number of benzene rings is 1. The second-order valence-corrected chi connectivity index (χ2v) is 4.67. The van der Waals surface area contributed by atoms with E-state index < -0.39 is 0 Å². The van der Waals surface area contributed by atoms with Crippen LogP contribution in [-0.4, -0.2) is 12.5 Å². The number of aryl methyl sites for hydroxylation is 1. The molecular weight excluding hydrogens is 198 g/mol. The monoisotopic (exact) mass is 217 g/mol. The quantitative estimate of drug-likeness (QED) is 0.810. The number of hydrogen-bond donors (Lipinski definition) is 1. The van der Waals surface area contributed by atoms with Gasteiger partial charge < -0.3 is 5.32 Å². The zero-order valence-electron chi connectivity index (χ0n) is 9.83. The van der Waals surface area contributed by atoms with Gasteiger partial charge in [-0.2, -0.15) is 0 Å². The van der Waals surface area contributed by atoms with E-state index in [0.29, 0.717) is 0 Å². The molecule has 0 radical (unpaired) electrons. The Morgan fingerprint density at radius 2 is 2.00 bits per heavy atom. The molecule has 2 rings (SSSR count). The molecule has 0 aliphatic carbocycles. The molecule has 1 saturated heterocycles. The molecule has 0 spiro atoms. The first-order valence-corrected chi connectivity index (χ1v) is 6.09. The van der Waals surface area contributed by atoms with Crippen molar-refractivity contribution in [3.63, 3.8) is 0 Å². The topological polar surface area (TPSA) is 29.1 Å². The van der Waals surface area contributed by atoms with Crippen LogP contribution in [0.15, 0.2) is 24.3 Å².